The van der Waals surface area contributed by atoms with Gasteiger partial charge in [0.1, 0.15) is 17.6 Å². The number of nitriles is 1. The highest BCUT2D eigenvalue weighted by molar-refractivity contribution is 6.30. The number of halogens is 2. The molecule has 1 saturated heterocycles. The van der Waals surface area contributed by atoms with Gasteiger partial charge in [0, 0.05) is 36.2 Å². The van der Waals surface area contributed by atoms with Crippen molar-refractivity contribution in [2.24, 2.45) is 10.7 Å². The van der Waals surface area contributed by atoms with E-state index in [1.807, 2.05) is 80.3 Å². The molecule has 2 aliphatic rings. The summed E-state index contributed by atoms with van der Waals surface area (Å²) in [7, 11) is 0. The number of carbonyl (C=O) groups excluding carboxylic acids is 2. The average Bonchev–Trinajstić information content (AvgIpc) is 3.42. The third kappa shape index (κ3) is 7.31. The molecule has 2 heterocycles. The van der Waals surface area contributed by atoms with Gasteiger partial charge in [-0.1, -0.05) is 61.0 Å². The van der Waals surface area contributed by atoms with Crippen molar-refractivity contribution in [3.05, 3.63) is 99.0 Å². The predicted molar refractivity (Wildman–Crippen MR) is 182 cm³/mol. The predicted octanol–water partition coefficient (Wildman–Crippen LogP) is 6.60. The van der Waals surface area contributed by atoms with Gasteiger partial charge in [-0.25, -0.2) is 4.79 Å². The molecule has 0 bridgehead atoms. The average molecular weight is 664 g/mol. The molecular weight excluding hydrogens is 623 g/mol. The van der Waals surface area contributed by atoms with E-state index in [1.165, 1.54) is 0 Å². The van der Waals surface area contributed by atoms with Gasteiger partial charge in [0.05, 0.1) is 36.2 Å². The van der Waals surface area contributed by atoms with E-state index in [-0.39, 0.29) is 20.0 Å². The van der Waals surface area contributed by atoms with E-state index in [1.54, 1.807) is 21.9 Å². The van der Waals surface area contributed by atoms with E-state index in [0.29, 0.717) is 60.0 Å². The van der Waals surface area contributed by atoms with Crippen LogP contribution in [-0.2, 0) is 10.2 Å². The largest absolute Gasteiger partial charge is 0.493 e. The normalized spacial score (nSPS) is 18.4. The number of carbonyl (C=O) groups is 2. The number of benzene rings is 3. The molecule has 0 aromatic heterocycles. The quantitative estimate of drug-likeness (QED) is 0.292. The number of hydrogen-bond acceptors (Lipinski definition) is 6. The molecule has 0 unspecified atom stereocenters. The Morgan fingerprint density at radius 1 is 0.978 bits per heavy atom. The molecule has 0 radical (unpaired) electrons. The highest BCUT2D eigenvalue weighted by Gasteiger charge is 2.45. The maximum atomic E-state index is 14.7. The van der Waals surface area contributed by atoms with Gasteiger partial charge in [-0.3, -0.25) is 19.6 Å². The molecule has 3 aromatic rings. The van der Waals surface area contributed by atoms with Gasteiger partial charge < -0.3 is 15.4 Å². The Labute approximate surface area is 281 Å². The Balaban J connectivity index is 0.00000480. The Morgan fingerprint density at radius 2 is 1.57 bits per heavy atom. The molecule has 2 atom stereocenters. The third-order valence-corrected chi connectivity index (χ3v) is 8.74. The summed E-state index contributed by atoms with van der Waals surface area (Å²) >= 11 is 12.6. The number of hydrogen-bond donors (Lipinski definition) is 1. The summed E-state index contributed by atoms with van der Waals surface area (Å²) in [6.07, 6.45) is 0. The second kappa shape index (κ2) is 14.5. The number of piperazine rings is 1. The first-order valence-electron chi connectivity index (χ1n) is 14.9. The van der Waals surface area contributed by atoms with Crippen LogP contribution in [0.1, 0.15) is 62.5 Å². The van der Waals surface area contributed by atoms with Crippen molar-refractivity contribution in [3.8, 4) is 11.8 Å². The van der Waals surface area contributed by atoms with Crippen LogP contribution in [0.3, 0.4) is 0 Å². The SMILES string of the molecule is C.CCOc1ccc(C(C)(C)C#N)cc1C1=N[C@@H](c2ccc(Cl)cc2)[C@@H](c2ccc(Cl)cc2)N1C(=O)N1CCN(CC(N)=O)CC1. The van der Waals surface area contributed by atoms with E-state index < -0.39 is 23.4 Å². The van der Waals surface area contributed by atoms with Crippen molar-refractivity contribution in [1.82, 2.24) is 14.7 Å². The minimum Gasteiger partial charge on any atom is -0.493 e. The second-order valence-corrected chi connectivity index (χ2v) is 12.6. The summed E-state index contributed by atoms with van der Waals surface area (Å²) in [5, 5.41) is 11.1. The molecule has 3 amide bonds. The summed E-state index contributed by atoms with van der Waals surface area (Å²) < 4.78 is 6.09. The number of nitrogens with zero attached hydrogens (tertiary/aromatic N) is 5. The molecule has 242 valence electrons. The van der Waals surface area contributed by atoms with E-state index in [2.05, 4.69) is 6.07 Å². The van der Waals surface area contributed by atoms with Crippen molar-refractivity contribution in [2.45, 2.75) is 45.7 Å². The fourth-order valence-electron chi connectivity index (χ4n) is 5.76. The molecule has 1 fully saturated rings. The minimum absolute atomic E-state index is 0. The number of urea groups is 1. The number of aliphatic imine (C=N–C) groups is 1. The fraction of sp³-hybridized carbons (Fsp3) is 0.371. The van der Waals surface area contributed by atoms with E-state index in [4.69, 9.17) is 38.7 Å². The van der Waals surface area contributed by atoms with Crippen LogP contribution >= 0.6 is 23.2 Å². The maximum Gasteiger partial charge on any atom is 0.326 e. The summed E-state index contributed by atoms with van der Waals surface area (Å²) in [5.74, 6) is 0.601. The Kier molecular flexibility index (Phi) is 11.0. The van der Waals surface area contributed by atoms with Crippen molar-refractivity contribution in [3.63, 3.8) is 0 Å². The summed E-state index contributed by atoms with van der Waals surface area (Å²) in [5.41, 5.74) is 7.76. The highest BCUT2D eigenvalue weighted by atomic mass is 35.5. The lowest BCUT2D eigenvalue weighted by Gasteiger charge is -2.39. The van der Waals surface area contributed by atoms with Crippen molar-refractivity contribution in [1.29, 1.82) is 5.26 Å². The first-order valence-corrected chi connectivity index (χ1v) is 15.6. The van der Waals surface area contributed by atoms with E-state index in [0.717, 1.165) is 16.7 Å². The van der Waals surface area contributed by atoms with Crippen LogP contribution in [0, 0.1) is 11.3 Å². The van der Waals surface area contributed by atoms with Gasteiger partial charge in [0.15, 0.2) is 0 Å². The first-order chi connectivity index (χ1) is 21.5. The van der Waals surface area contributed by atoms with Crippen molar-refractivity contribution >= 4 is 41.0 Å². The van der Waals surface area contributed by atoms with Gasteiger partial charge in [0.2, 0.25) is 5.91 Å². The lowest BCUT2D eigenvalue weighted by molar-refractivity contribution is -0.119. The second-order valence-electron chi connectivity index (χ2n) is 11.7. The Bertz CT molecular complexity index is 1630. The van der Waals surface area contributed by atoms with Crippen LogP contribution in [-0.4, -0.2) is 71.8 Å². The number of amidine groups is 1. The number of rotatable bonds is 8. The molecule has 9 nitrogen and oxygen atoms in total. The zero-order valence-electron chi connectivity index (χ0n) is 25.5. The maximum absolute atomic E-state index is 14.7. The van der Waals surface area contributed by atoms with Crippen LogP contribution < -0.4 is 10.5 Å². The summed E-state index contributed by atoms with van der Waals surface area (Å²) in [6.45, 7) is 7.99. The van der Waals surface area contributed by atoms with Crippen LogP contribution in [0.2, 0.25) is 10.0 Å². The van der Waals surface area contributed by atoms with Crippen LogP contribution in [0.15, 0.2) is 71.7 Å². The molecule has 0 aliphatic carbocycles. The number of primary amides is 1. The van der Waals surface area contributed by atoms with Gasteiger partial charge >= 0.3 is 6.03 Å². The van der Waals surface area contributed by atoms with Crippen molar-refractivity contribution in [2.75, 3.05) is 39.3 Å². The van der Waals surface area contributed by atoms with Crippen LogP contribution in [0.4, 0.5) is 4.79 Å². The molecule has 2 N–H and O–H groups in total. The molecule has 2 aliphatic heterocycles. The number of ether oxygens (including phenoxy) is 1. The molecular formula is C35H40Cl2N6O3. The minimum atomic E-state index is -0.796. The molecule has 46 heavy (non-hydrogen) atoms. The number of amides is 3. The molecule has 5 rings (SSSR count). The molecule has 3 aromatic carbocycles. The standard InChI is InChI=1S/C34H36Cl2N6O3.CH4/c1-4-45-28-14-9-24(34(2,3)21-37)19-27(28)32-39-30(22-5-10-25(35)11-6-22)31(23-7-12-26(36)13-8-23)42(32)33(44)41-17-15-40(16-18-41)20-29(38)43;/h5-14,19,30-31H,4,15-18,20H2,1-3H3,(H2,38,43);1H4/t30-,31+;/m0./s1. The zero-order valence-corrected chi connectivity index (χ0v) is 27.1. The highest BCUT2D eigenvalue weighted by Crippen LogP contribution is 2.46. The zero-order chi connectivity index (χ0) is 32.3. The summed E-state index contributed by atoms with van der Waals surface area (Å²) in [6, 6.07) is 21.7. The lowest BCUT2D eigenvalue weighted by atomic mass is 9.85. The monoisotopic (exact) mass is 662 g/mol. The Morgan fingerprint density at radius 3 is 2.11 bits per heavy atom. The fourth-order valence-corrected chi connectivity index (χ4v) is 6.02. The van der Waals surface area contributed by atoms with Gasteiger partial charge in [-0.15, -0.1) is 0 Å². The molecule has 11 heteroatoms. The van der Waals surface area contributed by atoms with Crippen LogP contribution in [0.5, 0.6) is 5.75 Å². The Hall–Kier alpha value is -4.10. The smallest absolute Gasteiger partial charge is 0.326 e. The van der Waals surface area contributed by atoms with E-state index in [9.17, 15) is 14.9 Å². The van der Waals surface area contributed by atoms with Gasteiger partial charge in [-0.2, -0.15) is 5.26 Å². The topological polar surface area (TPSA) is 115 Å². The van der Waals surface area contributed by atoms with Gasteiger partial charge in [0.25, 0.3) is 0 Å². The van der Waals surface area contributed by atoms with Crippen molar-refractivity contribution < 1.29 is 14.3 Å². The lowest BCUT2D eigenvalue weighted by Crippen LogP contribution is -2.55. The number of nitrogens with two attached hydrogens (primary N) is 1. The van der Waals surface area contributed by atoms with Gasteiger partial charge in [-0.05, 0) is 73.9 Å². The molecule has 0 spiro atoms. The van der Waals surface area contributed by atoms with Crippen LogP contribution in [0.25, 0.3) is 0 Å². The first kappa shape index (κ1) is 34.8. The van der Waals surface area contributed by atoms with E-state index >= 15 is 0 Å². The summed E-state index contributed by atoms with van der Waals surface area (Å²) in [4.78, 5) is 37.0. The molecule has 0 saturated carbocycles. The third-order valence-electron chi connectivity index (χ3n) is 8.24.